The maximum atomic E-state index is 13.1. The van der Waals surface area contributed by atoms with Crippen molar-refractivity contribution >= 4 is 11.9 Å². The van der Waals surface area contributed by atoms with E-state index in [-0.39, 0.29) is 11.9 Å². The molecular weight excluding hydrogens is 406 g/mol. The number of ether oxygens (including phenoxy) is 2. The Morgan fingerprint density at radius 3 is 2.22 bits per heavy atom. The largest absolute Gasteiger partial charge is 0.497 e. The molecule has 0 bridgehead atoms. The van der Waals surface area contributed by atoms with E-state index < -0.39 is 5.54 Å². The van der Waals surface area contributed by atoms with Crippen LogP contribution in [0.4, 0.5) is 4.79 Å². The number of carbonyl (C=O) groups is 2. The van der Waals surface area contributed by atoms with Gasteiger partial charge in [-0.15, -0.1) is 0 Å². The Labute approximate surface area is 191 Å². The first kappa shape index (κ1) is 22.9. The zero-order chi connectivity index (χ0) is 22.7. The molecule has 2 heterocycles. The lowest BCUT2D eigenvalue weighted by atomic mass is 9.77. The van der Waals surface area contributed by atoms with Crippen LogP contribution in [0.25, 0.3) is 0 Å². The number of likely N-dealkylation sites (tertiary alicyclic amines) is 1. The van der Waals surface area contributed by atoms with Gasteiger partial charge in [0.15, 0.2) is 0 Å². The second-order valence-corrected chi connectivity index (χ2v) is 9.89. The summed E-state index contributed by atoms with van der Waals surface area (Å²) >= 11 is 0. The van der Waals surface area contributed by atoms with Gasteiger partial charge in [0.2, 0.25) is 0 Å². The quantitative estimate of drug-likeness (QED) is 0.649. The second-order valence-electron chi connectivity index (χ2n) is 9.89. The molecule has 2 saturated heterocycles. The van der Waals surface area contributed by atoms with Gasteiger partial charge in [0.25, 0.3) is 5.91 Å². The highest BCUT2D eigenvalue weighted by atomic mass is 16.5. The van der Waals surface area contributed by atoms with Crippen molar-refractivity contribution in [1.82, 2.24) is 15.1 Å². The molecule has 1 aliphatic carbocycles. The van der Waals surface area contributed by atoms with Crippen molar-refractivity contribution in [3.63, 3.8) is 0 Å². The fourth-order valence-corrected chi connectivity index (χ4v) is 5.40. The molecule has 3 aliphatic rings. The molecular formula is C25H37N3O4. The van der Waals surface area contributed by atoms with Gasteiger partial charge < -0.3 is 14.8 Å². The SMILES string of the molecule is COc1cc(CCC2CCN(CN3C(=O)NC4(CCC(C)CC4)C3=O)CC2)cc(OC)c1. The molecule has 7 heteroatoms. The molecule has 7 nitrogen and oxygen atoms in total. The third kappa shape index (κ3) is 4.87. The third-order valence-corrected chi connectivity index (χ3v) is 7.67. The van der Waals surface area contributed by atoms with Crippen LogP contribution in [0.3, 0.4) is 0 Å². The number of benzene rings is 1. The van der Waals surface area contributed by atoms with E-state index in [0.717, 1.165) is 76.0 Å². The Morgan fingerprint density at radius 1 is 1.00 bits per heavy atom. The molecule has 0 radical (unpaired) electrons. The highest BCUT2D eigenvalue weighted by molar-refractivity contribution is 6.07. The van der Waals surface area contributed by atoms with Crippen molar-refractivity contribution < 1.29 is 19.1 Å². The number of hydrogen-bond donors (Lipinski definition) is 1. The van der Waals surface area contributed by atoms with Crippen LogP contribution in [0.1, 0.15) is 57.4 Å². The number of nitrogens with zero attached hydrogens (tertiary/aromatic N) is 2. The summed E-state index contributed by atoms with van der Waals surface area (Å²) in [5, 5.41) is 3.04. The molecule has 176 valence electrons. The monoisotopic (exact) mass is 443 g/mol. The summed E-state index contributed by atoms with van der Waals surface area (Å²) < 4.78 is 10.8. The summed E-state index contributed by atoms with van der Waals surface area (Å²) in [5.41, 5.74) is 0.592. The van der Waals surface area contributed by atoms with E-state index in [1.807, 2.05) is 6.07 Å². The van der Waals surface area contributed by atoms with Crippen LogP contribution in [0.15, 0.2) is 18.2 Å². The van der Waals surface area contributed by atoms with Crippen molar-refractivity contribution in [1.29, 1.82) is 0 Å². The van der Waals surface area contributed by atoms with Crippen LogP contribution >= 0.6 is 0 Å². The highest BCUT2D eigenvalue weighted by Gasteiger charge is 2.52. The van der Waals surface area contributed by atoms with Crippen LogP contribution < -0.4 is 14.8 Å². The number of carbonyl (C=O) groups excluding carboxylic acids is 2. The Morgan fingerprint density at radius 2 is 1.62 bits per heavy atom. The van der Waals surface area contributed by atoms with Gasteiger partial charge in [0.05, 0.1) is 20.9 Å². The molecule has 1 saturated carbocycles. The van der Waals surface area contributed by atoms with E-state index in [1.54, 1.807) is 14.2 Å². The van der Waals surface area contributed by atoms with Crippen molar-refractivity contribution in [3.8, 4) is 11.5 Å². The number of methoxy groups -OCH3 is 2. The molecule has 0 aromatic heterocycles. The average molecular weight is 444 g/mol. The summed E-state index contributed by atoms with van der Waals surface area (Å²) in [5.74, 6) is 2.93. The minimum atomic E-state index is -0.639. The third-order valence-electron chi connectivity index (χ3n) is 7.67. The Hall–Kier alpha value is -2.28. The van der Waals surface area contributed by atoms with Gasteiger partial charge in [-0.1, -0.05) is 6.92 Å². The van der Waals surface area contributed by atoms with E-state index in [1.165, 1.54) is 10.5 Å². The zero-order valence-corrected chi connectivity index (χ0v) is 19.7. The summed E-state index contributed by atoms with van der Waals surface area (Å²) in [6.07, 6.45) is 7.84. The van der Waals surface area contributed by atoms with Crippen LogP contribution in [-0.4, -0.2) is 61.3 Å². The van der Waals surface area contributed by atoms with Gasteiger partial charge >= 0.3 is 6.03 Å². The summed E-state index contributed by atoms with van der Waals surface area (Å²) in [6.45, 7) is 4.49. The van der Waals surface area contributed by atoms with E-state index >= 15 is 0 Å². The number of hydrogen-bond acceptors (Lipinski definition) is 5. The van der Waals surface area contributed by atoms with Crippen molar-refractivity contribution in [2.45, 2.75) is 63.8 Å². The van der Waals surface area contributed by atoms with Crippen LogP contribution in [-0.2, 0) is 11.2 Å². The molecule has 4 rings (SSSR count). The number of amides is 3. The predicted octanol–water partition coefficient (Wildman–Crippen LogP) is 3.81. The van der Waals surface area contributed by atoms with E-state index in [2.05, 4.69) is 29.3 Å². The van der Waals surface area contributed by atoms with Crippen molar-refractivity contribution in [2.75, 3.05) is 34.0 Å². The molecule has 3 amide bonds. The number of rotatable bonds is 7. The fraction of sp³-hybridized carbons (Fsp3) is 0.680. The molecule has 1 spiro atoms. The Kier molecular flexibility index (Phi) is 6.93. The van der Waals surface area contributed by atoms with Crippen LogP contribution in [0, 0.1) is 11.8 Å². The fourth-order valence-electron chi connectivity index (χ4n) is 5.40. The molecule has 32 heavy (non-hydrogen) atoms. The zero-order valence-electron chi connectivity index (χ0n) is 19.7. The van der Waals surface area contributed by atoms with Crippen LogP contribution in [0.2, 0.25) is 0 Å². The number of aryl methyl sites for hydroxylation is 1. The minimum Gasteiger partial charge on any atom is -0.497 e. The number of imide groups is 1. The Bertz CT molecular complexity index is 804. The summed E-state index contributed by atoms with van der Waals surface area (Å²) in [7, 11) is 3.35. The van der Waals surface area contributed by atoms with Gasteiger partial charge in [-0.25, -0.2) is 9.69 Å². The van der Waals surface area contributed by atoms with E-state index in [9.17, 15) is 9.59 Å². The maximum absolute atomic E-state index is 13.1. The highest BCUT2D eigenvalue weighted by Crippen LogP contribution is 2.36. The van der Waals surface area contributed by atoms with Gasteiger partial charge in [0.1, 0.15) is 17.0 Å². The normalized spacial score (nSPS) is 27.1. The molecule has 3 fully saturated rings. The topological polar surface area (TPSA) is 71.1 Å². The van der Waals surface area contributed by atoms with Crippen LogP contribution in [0.5, 0.6) is 11.5 Å². The second kappa shape index (κ2) is 9.69. The van der Waals surface area contributed by atoms with E-state index in [0.29, 0.717) is 18.5 Å². The first-order chi connectivity index (χ1) is 15.4. The summed E-state index contributed by atoms with van der Waals surface area (Å²) in [4.78, 5) is 29.4. The average Bonchev–Trinajstić information content (AvgIpc) is 3.04. The van der Waals surface area contributed by atoms with Gasteiger partial charge in [-0.3, -0.25) is 9.69 Å². The molecule has 0 unspecified atom stereocenters. The van der Waals surface area contributed by atoms with Gasteiger partial charge in [-0.2, -0.15) is 0 Å². The van der Waals surface area contributed by atoms with Crippen molar-refractivity contribution in [2.24, 2.45) is 11.8 Å². The molecule has 1 aromatic rings. The lowest BCUT2D eigenvalue weighted by molar-refractivity contribution is -0.134. The van der Waals surface area contributed by atoms with Gasteiger partial charge in [-0.05, 0) is 80.9 Å². The number of nitrogens with one attached hydrogen (secondary N) is 1. The molecule has 2 aliphatic heterocycles. The summed E-state index contributed by atoms with van der Waals surface area (Å²) in [6, 6.07) is 5.85. The van der Waals surface area contributed by atoms with Gasteiger partial charge in [0, 0.05) is 19.2 Å². The number of piperidine rings is 1. The maximum Gasteiger partial charge on any atom is 0.326 e. The molecule has 1 aromatic carbocycles. The molecule has 1 N–H and O–H groups in total. The lowest BCUT2D eigenvalue weighted by Crippen LogP contribution is -2.50. The molecule has 0 atom stereocenters. The predicted molar refractivity (Wildman–Crippen MR) is 123 cm³/mol. The van der Waals surface area contributed by atoms with Crippen molar-refractivity contribution in [3.05, 3.63) is 23.8 Å². The minimum absolute atomic E-state index is 0.0107. The lowest BCUT2D eigenvalue weighted by Gasteiger charge is -2.35. The Balaban J connectivity index is 1.26. The van der Waals surface area contributed by atoms with E-state index in [4.69, 9.17) is 9.47 Å². The standard InChI is InChI=1S/C25H37N3O4/c1-18-6-10-25(11-7-18)23(29)28(24(30)26-25)17-27-12-8-19(9-13-27)4-5-20-14-21(31-2)16-22(15-20)32-3/h14-16,18-19H,4-13,17H2,1-3H3,(H,26,30). The smallest absolute Gasteiger partial charge is 0.326 e. The first-order valence-corrected chi connectivity index (χ1v) is 12.0. The number of urea groups is 1. The first-order valence-electron chi connectivity index (χ1n) is 12.0.